The molecule has 0 spiro atoms. The summed E-state index contributed by atoms with van der Waals surface area (Å²) in [6.45, 7) is 0. The van der Waals surface area contributed by atoms with E-state index in [0.717, 1.165) is 14.3 Å². The minimum absolute atomic E-state index is 1.07. The van der Waals surface area contributed by atoms with E-state index in [-0.39, 0.29) is 0 Å². The van der Waals surface area contributed by atoms with Gasteiger partial charge in [-0.05, 0) is 34.1 Å². The highest BCUT2D eigenvalue weighted by Crippen LogP contribution is 2.44. The molecule has 0 bridgehead atoms. The quantitative estimate of drug-likeness (QED) is 0.416. The van der Waals surface area contributed by atoms with Crippen LogP contribution >= 0.6 is 38.6 Å². The first kappa shape index (κ1) is 11.6. The Hall–Kier alpha value is -1.23. The SMILES string of the molecule is Brc1sc2ccccc2c1-c1nc2ccccc2s1. The number of rotatable bonds is 1. The summed E-state index contributed by atoms with van der Waals surface area (Å²) in [5.74, 6) is 0. The van der Waals surface area contributed by atoms with E-state index in [4.69, 9.17) is 4.98 Å². The second-order valence-electron chi connectivity index (χ2n) is 4.23. The summed E-state index contributed by atoms with van der Waals surface area (Å²) >= 11 is 7.21. The summed E-state index contributed by atoms with van der Waals surface area (Å²) in [6.07, 6.45) is 0. The minimum Gasteiger partial charge on any atom is -0.236 e. The number of thiazole rings is 1. The van der Waals surface area contributed by atoms with Gasteiger partial charge in [0.25, 0.3) is 0 Å². The van der Waals surface area contributed by atoms with Crippen molar-refractivity contribution in [1.29, 1.82) is 0 Å². The molecule has 0 atom stereocenters. The van der Waals surface area contributed by atoms with Crippen LogP contribution in [0, 0.1) is 0 Å². The summed E-state index contributed by atoms with van der Waals surface area (Å²) in [5, 5.41) is 2.36. The predicted molar refractivity (Wildman–Crippen MR) is 88.1 cm³/mol. The van der Waals surface area contributed by atoms with Crippen molar-refractivity contribution in [1.82, 2.24) is 4.98 Å². The van der Waals surface area contributed by atoms with E-state index in [1.807, 2.05) is 6.07 Å². The Morgan fingerprint density at radius 1 is 0.842 bits per heavy atom. The molecule has 19 heavy (non-hydrogen) atoms. The maximum atomic E-state index is 4.76. The zero-order valence-corrected chi connectivity index (χ0v) is 13.0. The fourth-order valence-corrected chi connectivity index (χ4v) is 5.27. The first-order valence-corrected chi connectivity index (χ1v) is 8.28. The number of benzene rings is 2. The minimum atomic E-state index is 1.07. The average Bonchev–Trinajstić information content (AvgIpc) is 2.97. The lowest BCUT2D eigenvalue weighted by atomic mass is 10.2. The molecule has 0 saturated carbocycles. The second kappa shape index (κ2) is 4.40. The molecule has 2 aromatic carbocycles. The van der Waals surface area contributed by atoms with Crippen LogP contribution in [0.25, 0.3) is 30.9 Å². The van der Waals surface area contributed by atoms with Crippen LogP contribution in [-0.4, -0.2) is 4.98 Å². The molecule has 0 radical (unpaired) electrons. The van der Waals surface area contributed by atoms with Gasteiger partial charge in [0.15, 0.2) is 0 Å². The standard InChI is InChI=1S/C15H8BrNS2/c16-14-13(9-5-1-3-7-11(9)18-14)15-17-10-6-2-4-8-12(10)19-15/h1-8H. The first-order valence-electron chi connectivity index (χ1n) is 5.86. The van der Waals surface area contributed by atoms with E-state index in [1.54, 1.807) is 22.7 Å². The molecule has 92 valence electrons. The monoisotopic (exact) mass is 345 g/mol. The Bertz CT molecular complexity index is 858. The molecular formula is C15H8BrNS2. The molecular weight excluding hydrogens is 338 g/mol. The van der Waals surface area contributed by atoms with E-state index >= 15 is 0 Å². The lowest BCUT2D eigenvalue weighted by molar-refractivity contribution is 1.49. The summed E-state index contributed by atoms with van der Waals surface area (Å²) in [7, 11) is 0. The van der Waals surface area contributed by atoms with Crippen molar-refractivity contribution < 1.29 is 0 Å². The van der Waals surface area contributed by atoms with Gasteiger partial charge < -0.3 is 0 Å². The van der Waals surface area contributed by atoms with Crippen LogP contribution in [0.3, 0.4) is 0 Å². The molecule has 0 amide bonds. The van der Waals surface area contributed by atoms with Crippen molar-refractivity contribution in [2.45, 2.75) is 0 Å². The third kappa shape index (κ3) is 1.83. The molecule has 4 rings (SSSR count). The summed E-state index contributed by atoms with van der Waals surface area (Å²) in [6, 6.07) is 16.8. The highest BCUT2D eigenvalue weighted by molar-refractivity contribution is 9.11. The molecule has 0 aliphatic rings. The lowest BCUT2D eigenvalue weighted by Crippen LogP contribution is -1.74. The highest BCUT2D eigenvalue weighted by atomic mass is 79.9. The summed E-state index contributed by atoms with van der Waals surface area (Å²) in [5.41, 5.74) is 2.30. The molecule has 0 aliphatic carbocycles. The van der Waals surface area contributed by atoms with Crippen molar-refractivity contribution >= 4 is 58.9 Å². The van der Waals surface area contributed by atoms with Gasteiger partial charge in [-0.2, -0.15) is 0 Å². The smallest absolute Gasteiger partial charge is 0.127 e. The van der Waals surface area contributed by atoms with E-state index in [9.17, 15) is 0 Å². The van der Waals surface area contributed by atoms with Crippen LogP contribution in [0.5, 0.6) is 0 Å². The third-order valence-electron chi connectivity index (χ3n) is 3.06. The maximum absolute atomic E-state index is 4.76. The second-order valence-corrected chi connectivity index (χ2v) is 7.63. The van der Waals surface area contributed by atoms with Crippen LogP contribution < -0.4 is 0 Å². The van der Waals surface area contributed by atoms with Crippen molar-refractivity contribution in [3.8, 4) is 10.6 Å². The Labute approximate surface area is 126 Å². The van der Waals surface area contributed by atoms with Crippen LogP contribution in [0.1, 0.15) is 0 Å². The van der Waals surface area contributed by atoms with Gasteiger partial charge in [-0.1, -0.05) is 30.3 Å². The Kier molecular flexibility index (Phi) is 2.69. The van der Waals surface area contributed by atoms with Gasteiger partial charge in [0.05, 0.1) is 14.0 Å². The van der Waals surface area contributed by atoms with E-state index in [2.05, 4.69) is 58.4 Å². The number of nitrogens with zero attached hydrogens (tertiary/aromatic N) is 1. The van der Waals surface area contributed by atoms with Gasteiger partial charge in [-0.25, -0.2) is 4.98 Å². The number of aromatic nitrogens is 1. The van der Waals surface area contributed by atoms with E-state index in [0.29, 0.717) is 0 Å². The largest absolute Gasteiger partial charge is 0.236 e. The molecule has 2 aromatic heterocycles. The molecule has 2 heterocycles. The van der Waals surface area contributed by atoms with Crippen molar-refractivity contribution in [2.75, 3.05) is 0 Å². The number of fused-ring (bicyclic) bond motifs is 2. The average molecular weight is 346 g/mol. The predicted octanol–water partition coefficient (Wildman–Crippen LogP) is 5.94. The van der Waals surface area contributed by atoms with E-state index in [1.165, 1.54) is 20.3 Å². The normalized spacial score (nSPS) is 11.4. The Balaban J connectivity index is 2.06. The number of para-hydroxylation sites is 1. The number of hydrogen-bond donors (Lipinski definition) is 0. The van der Waals surface area contributed by atoms with Gasteiger partial charge in [-0.3, -0.25) is 0 Å². The zero-order chi connectivity index (χ0) is 12.8. The lowest BCUT2D eigenvalue weighted by Gasteiger charge is -1.94. The first-order chi connectivity index (χ1) is 9.33. The Morgan fingerprint density at radius 3 is 2.42 bits per heavy atom. The van der Waals surface area contributed by atoms with Gasteiger partial charge in [0.2, 0.25) is 0 Å². The van der Waals surface area contributed by atoms with Crippen LogP contribution in [0.4, 0.5) is 0 Å². The highest BCUT2D eigenvalue weighted by Gasteiger charge is 2.15. The van der Waals surface area contributed by atoms with Gasteiger partial charge in [0.1, 0.15) is 5.01 Å². The third-order valence-corrected chi connectivity index (χ3v) is 5.96. The maximum Gasteiger partial charge on any atom is 0.127 e. The molecule has 1 nitrogen and oxygen atoms in total. The van der Waals surface area contributed by atoms with Crippen molar-refractivity contribution in [2.24, 2.45) is 0 Å². The molecule has 0 saturated heterocycles. The fourth-order valence-electron chi connectivity index (χ4n) is 2.19. The molecule has 0 unspecified atom stereocenters. The number of thiophene rings is 1. The van der Waals surface area contributed by atoms with Crippen LogP contribution in [0.2, 0.25) is 0 Å². The summed E-state index contributed by atoms with van der Waals surface area (Å²) < 4.78 is 3.69. The van der Waals surface area contributed by atoms with Crippen molar-refractivity contribution in [3.05, 3.63) is 52.3 Å². The molecule has 4 aromatic rings. The van der Waals surface area contributed by atoms with Crippen molar-refractivity contribution in [3.63, 3.8) is 0 Å². The van der Waals surface area contributed by atoms with E-state index < -0.39 is 0 Å². The van der Waals surface area contributed by atoms with Gasteiger partial charge >= 0.3 is 0 Å². The fraction of sp³-hybridized carbons (Fsp3) is 0. The molecule has 0 N–H and O–H groups in total. The van der Waals surface area contributed by atoms with Gasteiger partial charge in [-0.15, -0.1) is 22.7 Å². The Morgan fingerprint density at radius 2 is 1.58 bits per heavy atom. The number of hydrogen-bond acceptors (Lipinski definition) is 3. The topological polar surface area (TPSA) is 12.9 Å². The zero-order valence-electron chi connectivity index (χ0n) is 9.76. The summed E-state index contributed by atoms with van der Waals surface area (Å²) in [4.78, 5) is 4.76. The molecule has 0 fully saturated rings. The van der Waals surface area contributed by atoms with Gasteiger partial charge in [0, 0.05) is 15.6 Å². The number of halogens is 1. The van der Waals surface area contributed by atoms with Crippen LogP contribution in [-0.2, 0) is 0 Å². The molecule has 4 heteroatoms. The molecule has 0 aliphatic heterocycles. The van der Waals surface area contributed by atoms with Crippen LogP contribution in [0.15, 0.2) is 52.3 Å².